The predicted molar refractivity (Wildman–Crippen MR) is 261 cm³/mol. The van der Waals surface area contributed by atoms with Gasteiger partial charge in [-0.05, 0) is 70.6 Å². The molecule has 0 radical (unpaired) electrons. The van der Waals surface area contributed by atoms with Crippen molar-refractivity contribution >= 4 is 17.9 Å². The fourth-order valence-corrected chi connectivity index (χ4v) is 7.84. The van der Waals surface area contributed by atoms with Gasteiger partial charge in [0.2, 0.25) is 0 Å². The van der Waals surface area contributed by atoms with E-state index in [2.05, 4.69) is 45.1 Å². The summed E-state index contributed by atoms with van der Waals surface area (Å²) in [6, 6.07) is 0. The molecule has 0 rings (SSSR count). The van der Waals surface area contributed by atoms with E-state index >= 15 is 0 Å². The summed E-state index contributed by atoms with van der Waals surface area (Å²) in [6.45, 7) is 6.63. The molecule has 0 fully saturated rings. The molecule has 6 nitrogen and oxygen atoms in total. The second kappa shape index (κ2) is 50.5. The normalized spacial score (nSPS) is 12.1. The van der Waals surface area contributed by atoms with Gasteiger partial charge in [0, 0.05) is 19.3 Å². The first-order valence-corrected chi connectivity index (χ1v) is 26.8. The molecule has 0 N–H and O–H groups in total. The maximum Gasteiger partial charge on any atom is 0.306 e. The molecule has 0 aromatic carbocycles. The van der Waals surface area contributed by atoms with Gasteiger partial charge in [-0.1, -0.05) is 225 Å². The Balaban J connectivity index is 4.33. The number of carbonyl (C=O) groups is 3. The Morgan fingerprint density at radius 1 is 0.311 bits per heavy atom. The third kappa shape index (κ3) is 48.8. The molecule has 0 aliphatic carbocycles. The van der Waals surface area contributed by atoms with Crippen LogP contribution in [-0.4, -0.2) is 37.2 Å². The lowest BCUT2D eigenvalue weighted by Crippen LogP contribution is -2.30. The minimum atomic E-state index is -0.774. The molecular formula is C55H102O6. The molecule has 0 aliphatic rings. The standard InChI is InChI=1S/C55H102O6/c1-4-7-10-13-16-19-22-25-26-27-28-31-33-36-39-42-45-48-54(57)60-51-52(61-55(58)49-46-43-40-37-34-30-24-21-18-15-12-9-6-3)50-59-53(56)47-44-41-38-35-32-29-23-20-17-14-11-8-5-2/h20-21,23-24,52H,4-19,22,25-51H2,1-3H3/t52-/m1/s1. The summed E-state index contributed by atoms with van der Waals surface area (Å²) in [7, 11) is 0. The van der Waals surface area contributed by atoms with Crippen molar-refractivity contribution < 1.29 is 28.6 Å². The van der Waals surface area contributed by atoms with E-state index in [-0.39, 0.29) is 31.1 Å². The van der Waals surface area contributed by atoms with Crippen molar-refractivity contribution in [2.75, 3.05) is 13.2 Å². The molecule has 61 heavy (non-hydrogen) atoms. The summed E-state index contributed by atoms with van der Waals surface area (Å²) < 4.78 is 16.8. The average Bonchev–Trinajstić information content (AvgIpc) is 3.26. The van der Waals surface area contributed by atoms with Crippen LogP contribution in [0.5, 0.6) is 0 Å². The highest BCUT2D eigenvalue weighted by Gasteiger charge is 2.19. The number of hydrogen-bond acceptors (Lipinski definition) is 6. The van der Waals surface area contributed by atoms with Crippen LogP contribution in [-0.2, 0) is 28.6 Å². The molecule has 6 heteroatoms. The Hall–Kier alpha value is -2.11. The third-order valence-electron chi connectivity index (χ3n) is 11.9. The van der Waals surface area contributed by atoms with E-state index in [1.807, 2.05) is 0 Å². The summed E-state index contributed by atoms with van der Waals surface area (Å²) in [5.41, 5.74) is 0. The number of allylic oxidation sites excluding steroid dienone is 4. The summed E-state index contributed by atoms with van der Waals surface area (Å²) in [4.78, 5) is 38.0. The average molecular weight is 859 g/mol. The van der Waals surface area contributed by atoms with Crippen molar-refractivity contribution in [3.63, 3.8) is 0 Å². The number of rotatable bonds is 49. The number of esters is 3. The highest BCUT2D eigenvalue weighted by atomic mass is 16.6. The van der Waals surface area contributed by atoms with Crippen molar-refractivity contribution in [3.8, 4) is 0 Å². The first-order chi connectivity index (χ1) is 30.0. The fraction of sp³-hybridized carbons (Fsp3) is 0.873. The molecule has 0 aromatic rings. The predicted octanol–water partition coefficient (Wildman–Crippen LogP) is 17.5. The maximum atomic E-state index is 12.8. The van der Waals surface area contributed by atoms with E-state index in [1.54, 1.807) is 0 Å². The highest BCUT2D eigenvalue weighted by molar-refractivity contribution is 5.71. The molecule has 358 valence electrons. The van der Waals surface area contributed by atoms with Crippen LogP contribution in [0, 0.1) is 0 Å². The second-order valence-corrected chi connectivity index (χ2v) is 18.1. The molecular weight excluding hydrogens is 757 g/mol. The minimum absolute atomic E-state index is 0.0733. The highest BCUT2D eigenvalue weighted by Crippen LogP contribution is 2.16. The van der Waals surface area contributed by atoms with Crippen molar-refractivity contribution in [1.82, 2.24) is 0 Å². The summed E-state index contributed by atoms with van der Waals surface area (Å²) in [6.07, 6.45) is 57.3. The van der Waals surface area contributed by atoms with E-state index in [1.165, 1.54) is 180 Å². The molecule has 1 atom stereocenters. The summed E-state index contributed by atoms with van der Waals surface area (Å²) >= 11 is 0. The van der Waals surface area contributed by atoms with Crippen LogP contribution in [0.3, 0.4) is 0 Å². The van der Waals surface area contributed by atoms with Gasteiger partial charge in [-0.3, -0.25) is 14.4 Å². The number of hydrogen-bond donors (Lipinski definition) is 0. The van der Waals surface area contributed by atoms with Crippen molar-refractivity contribution in [3.05, 3.63) is 24.3 Å². The lowest BCUT2D eigenvalue weighted by Gasteiger charge is -2.18. The zero-order valence-corrected chi connectivity index (χ0v) is 40.9. The van der Waals surface area contributed by atoms with Crippen molar-refractivity contribution in [1.29, 1.82) is 0 Å². The van der Waals surface area contributed by atoms with E-state index in [4.69, 9.17) is 14.2 Å². The van der Waals surface area contributed by atoms with Crippen LogP contribution in [0.1, 0.15) is 290 Å². The first-order valence-electron chi connectivity index (χ1n) is 26.8. The van der Waals surface area contributed by atoms with E-state index in [0.29, 0.717) is 19.3 Å². The van der Waals surface area contributed by atoms with Gasteiger partial charge >= 0.3 is 17.9 Å². The quantitative estimate of drug-likeness (QED) is 0.0262. The molecule has 0 saturated heterocycles. The summed E-state index contributed by atoms with van der Waals surface area (Å²) in [5, 5.41) is 0. The Bertz CT molecular complexity index is 989. The van der Waals surface area contributed by atoms with Crippen LogP contribution >= 0.6 is 0 Å². The maximum absolute atomic E-state index is 12.8. The van der Waals surface area contributed by atoms with Crippen LogP contribution in [0.2, 0.25) is 0 Å². The number of unbranched alkanes of at least 4 members (excludes halogenated alkanes) is 34. The van der Waals surface area contributed by atoms with Crippen LogP contribution in [0.4, 0.5) is 0 Å². The molecule has 0 bridgehead atoms. The van der Waals surface area contributed by atoms with Gasteiger partial charge in [0.1, 0.15) is 13.2 Å². The first kappa shape index (κ1) is 58.9. The van der Waals surface area contributed by atoms with E-state index in [0.717, 1.165) is 70.6 Å². The fourth-order valence-electron chi connectivity index (χ4n) is 7.84. The molecule has 0 aliphatic heterocycles. The Morgan fingerprint density at radius 2 is 0.541 bits per heavy atom. The second-order valence-electron chi connectivity index (χ2n) is 18.1. The topological polar surface area (TPSA) is 78.9 Å². The van der Waals surface area contributed by atoms with Crippen molar-refractivity contribution in [2.45, 2.75) is 297 Å². The van der Waals surface area contributed by atoms with Crippen LogP contribution < -0.4 is 0 Å². The van der Waals surface area contributed by atoms with Crippen LogP contribution in [0.25, 0.3) is 0 Å². The van der Waals surface area contributed by atoms with Crippen molar-refractivity contribution in [2.24, 2.45) is 0 Å². The number of carbonyl (C=O) groups excluding carboxylic acids is 3. The lowest BCUT2D eigenvalue weighted by atomic mass is 10.0. The zero-order chi connectivity index (χ0) is 44.4. The van der Waals surface area contributed by atoms with Gasteiger partial charge in [0.25, 0.3) is 0 Å². The van der Waals surface area contributed by atoms with Gasteiger partial charge in [-0.15, -0.1) is 0 Å². The molecule has 0 spiro atoms. The van der Waals surface area contributed by atoms with Crippen LogP contribution in [0.15, 0.2) is 24.3 Å². The van der Waals surface area contributed by atoms with Gasteiger partial charge in [-0.2, -0.15) is 0 Å². The van der Waals surface area contributed by atoms with Gasteiger partial charge in [0.15, 0.2) is 6.10 Å². The SMILES string of the molecule is CCCCCCC=CCCCCCCCC(=O)OC[C@H](COC(=O)CCCCCCCCCCCCCCCCCCC)OC(=O)CCCCCCCC=CCCCCCC. The van der Waals surface area contributed by atoms with E-state index < -0.39 is 6.10 Å². The summed E-state index contributed by atoms with van der Waals surface area (Å²) in [5.74, 6) is -0.877. The molecule has 0 unspecified atom stereocenters. The van der Waals surface area contributed by atoms with Gasteiger partial charge in [-0.25, -0.2) is 0 Å². The zero-order valence-electron chi connectivity index (χ0n) is 40.9. The third-order valence-corrected chi connectivity index (χ3v) is 11.9. The Labute approximate surface area is 379 Å². The molecule has 0 saturated carbocycles. The monoisotopic (exact) mass is 859 g/mol. The van der Waals surface area contributed by atoms with Gasteiger partial charge in [0.05, 0.1) is 0 Å². The Kier molecular flexibility index (Phi) is 48.8. The largest absolute Gasteiger partial charge is 0.462 e. The molecule has 0 heterocycles. The Morgan fingerprint density at radius 3 is 0.836 bits per heavy atom. The number of ether oxygens (including phenoxy) is 3. The molecule has 0 aromatic heterocycles. The van der Waals surface area contributed by atoms with E-state index in [9.17, 15) is 14.4 Å². The van der Waals surface area contributed by atoms with Gasteiger partial charge < -0.3 is 14.2 Å². The molecule has 0 amide bonds. The smallest absolute Gasteiger partial charge is 0.306 e. The lowest BCUT2D eigenvalue weighted by molar-refractivity contribution is -0.167. The minimum Gasteiger partial charge on any atom is -0.462 e.